The average Bonchev–Trinajstić information content (AvgIpc) is 2.74. The summed E-state index contributed by atoms with van der Waals surface area (Å²) in [4.78, 5) is 0. The minimum Gasteiger partial charge on any atom is -0.508 e. The summed E-state index contributed by atoms with van der Waals surface area (Å²) in [5, 5.41) is 17.1. The van der Waals surface area contributed by atoms with Crippen LogP contribution in [0.5, 0.6) is 5.75 Å². The number of phenolic OH excluding ortho intramolecular Hbond substituents is 1. The first-order valence-corrected chi connectivity index (χ1v) is 6.16. The summed E-state index contributed by atoms with van der Waals surface area (Å²) in [6, 6.07) is 5.89. The molecule has 0 bridgehead atoms. The van der Waals surface area contributed by atoms with Gasteiger partial charge in [0.1, 0.15) is 5.75 Å². The van der Waals surface area contributed by atoms with E-state index in [0.717, 1.165) is 23.4 Å². The summed E-state index contributed by atoms with van der Waals surface area (Å²) in [5.74, 6) is 0.360. The standard InChI is InChI=1S/C13H15NOS/c1-9-6-13(15)10(2)5-12(9)14-7-11-3-4-16-8-11/h3-6,8,14-15H,7H2,1-2H3. The molecule has 0 saturated heterocycles. The van der Waals surface area contributed by atoms with Crippen LogP contribution in [0.25, 0.3) is 0 Å². The highest BCUT2D eigenvalue weighted by Gasteiger charge is 2.03. The molecule has 0 atom stereocenters. The van der Waals surface area contributed by atoms with Gasteiger partial charge in [0.05, 0.1) is 0 Å². The van der Waals surface area contributed by atoms with Crippen molar-refractivity contribution >= 4 is 17.0 Å². The summed E-state index contributed by atoms with van der Waals surface area (Å²) < 4.78 is 0. The van der Waals surface area contributed by atoms with Crippen molar-refractivity contribution in [3.8, 4) is 5.75 Å². The van der Waals surface area contributed by atoms with Gasteiger partial charge in [0.25, 0.3) is 0 Å². The quantitative estimate of drug-likeness (QED) is 0.793. The highest BCUT2D eigenvalue weighted by atomic mass is 32.1. The van der Waals surface area contributed by atoms with E-state index in [4.69, 9.17) is 0 Å². The second kappa shape index (κ2) is 4.58. The van der Waals surface area contributed by atoms with Crippen LogP contribution in [0.15, 0.2) is 29.0 Å². The summed E-state index contributed by atoms with van der Waals surface area (Å²) >= 11 is 1.70. The van der Waals surface area contributed by atoms with Crippen molar-refractivity contribution in [3.05, 3.63) is 45.6 Å². The number of aromatic hydroxyl groups is 1. The van der Waals surface area contributed by atoms with Gasteiger partial charge in [-0.2, -0.15) is 11.3 Å². The third kappa shape index (κ3) is 2.36. The van der Waals surface area contributed by atoms with Crippen LogP contribution in [0, 0.1) is 13.8 Å². The SMILES string of the molecule is Cc1cc(NCc2ccsc2)c(C)cc1O. The molecule has 0 aliphatic carbocycles. The topological polar surface area (TPSA) is 32.3 Å². The first-order chi connectivity index (χ1) is 7.66. The minimum atomic E-state index is 0.360. The van der Waals surface area contributed by atoms with Gasteiger partial charge in [0.2, 0.25) is 0 Å². The molecule has 1 heterocycles. The van der Waals surface area contributed by atoms with Crippen LogP contribution in [0.1, 0.15) is 16.7 Å². The van der Waals surface area contributed by atoms with Gasteiger partial charge < -0.3 is 10.4 Å². The molecule has 0 amide bonds. The highest BCUT2D eigenvalue weighted by molar-refractivity contribution is 7.07. The molecule has 0 fully saturated rings. The number of hydrogen-bond donors (Lipinski definition) is 2. The molecule has 0 unspecified atom stereocenters. The van der Waals surface area contributed by atoms with Crippen molar-refractivity contribution in [3.63, 3.8) is 0 Å². The first kappa shape index (κ1) is 11.0. The molecule has 0 radical (unpaired) electrons. The molecule has 84 valence electrons. The van der Waals surface area contributed by atoms with E-state index in [1.54, 1.807) is 17.4 Å². The van der Waals surface area contributed by atoms with Crippen LogP contribution >= 0.6 is 11.3 Å². The Morgan fingerprint density at radius 3 is 2.75 bits per heavy atom. The zero-order chi connectivity index (χ0) is 11.5. The minimum absolute atomic E-state index is 0.360. The molecule has 0 spiro atoms. The number of rotatable bonds is 3. The van der Waals surface area contributed by atoms with E-state index in [1.807, 2.05) is 19.9 Å². The van der Waals surface area contributed by atoms with E-state index in [2.05, 4.69) is 22.1 Å². The van der Waals surface area contributed by atoms with Crippen molar-refractivity contribution in [1.29, 1.82) is 0 Å². The van der Waals surface area contributed by atoms with E-state index < -0.39 is 0 Å². The maximum atomic E-state index is 9.55. The fourth-order valence-corrected chi connectivity index (χ4v) is 2.25. The second-order valence-electron chi connectivity index (χ2n) is 3.94. The lowest BCUT2D eigenvalue weighted by molar-refractivity contribution is 0.471. The van der Waals surface area contributed by atoms with Crippen molar-refractivity contribution in [2.45, 2.75) is 20.4 Å². The van der Waals surface area contributed by atoms with E-state index in [-0.39, 0.29) is 0 Å². The monoisotopic (exact) mass is 233 g/mol. The molecule has 2 N–H and O–H groups in total. The lowest BCUT2D eigenvalue weighted by atomic mass is 10.1. The Bertz CT molecular complexity index is 477. The molecule has 2 nitrogen and oxygen atoms in total. The van der Waals surface area contributed by atoms with E-state index in [9.17, 15) is 5.11 Å². The predicted molar refractivity (Wildman–Crippen MR) is 69.2 cm³/mol. The van der Waals surface area contributed by atoms with Crippen LogP contribution < -0.4 is 5.32 Å². The molecule has 1 aromatic carbocycles. The smallest absolute Gasteiger partial charge is 0.118 e. The van der Waals surface area contributed by atoms with Crippen LogP contribution in [0.4, 0.5) is 5.69 Å². The van der Waals surface area contributed by atoms with Gasteiger partial charge in [0, 0.05) is 12.2 Å². The number of thiophene rings is 1. The zero-order valence-electron chi connectivity index (χ0n) is 9.45. The van der Waals surface area contributed by atoms with E-state index in [1.165, 1.54) is 5.56 Å². The Morgan fingerprint density at radius 2 is 2.06 bits per heavy atom. The van der Waals surface area contributed by atoms with Crippen LogP contribution in [-0.4, -0.2) is 5.11 Å². The maximum absolute atomic E-state index is 9.55. The highest BCUT2D eigenvalue weighted by Crippen LogP contribution is 2.25. The van der Waals surface area contributed by atoms with Crippen molar-refractivity contribution in [2.24, 2.45) is 0 Å². The van der Waals surface area contributed by atoms with Crippen molar-refractivity contribution < 1.29 is 5.11 Å². The van der Waals surface area contributed by atoms with Gasteiger partial charge >= 0.3 is 0 Å². The maximum Gasteiger partial charge on any atom is 0.118 e. The number of hydrogen-bond acceptors (Lipinski definition) is 3. The number of aryl methyl sites for hydroxylation is 2. The molecule has 2 aromatic rings. The number of nitrogens with one attached hydrogen (secondary N) is 1. The van der Waals surface area contributed by atoms with Gasteiger partial charge in [-0.25, -0.2) is 0 Å². The number of anilines is 1. The Hall–Kier alpha value is -1.48. The van der Waals surface area contributed by atoms with Crippen LogP contribution in [-0.2, 0) is 6.54 Å². The van der Waals surface area contributed by atoms with Gasteiger partial charge in [-0.3, -0.25) is 0 Å². The zero-order valence-corrected chi connectivity index (χ0v) is 10.3. The molecular formula is C13H15NOS. The third-order valence-corrected chi connectivity index (χ3v) is 3.34. The lowest BCUT2D eigenvalue weighted by Gasteiger charge is -2.11. The largest absolute Gasteiger partial charge is 0.508 e. The van der Waals surface area contributed by atoms with Crippen molar-refractivity contribution in [1.82, 2.24) is 0 Å². The number of benzene rings is 1. The van der Waals surface area contributed by atoms with Crippen molar-refractivity contribution in [2.75, 3.05) is 5.32 Å². The van der Waals surface area contributed by atoms with Gasteiger partial charge in [-0.05, 0) is 59.5 Å². The van der Waals surface area contributed by atoms with Crippen LogP contribution in [0.3, 0.4) is 0 Å². The summed E-state index contributed by atoms with van der Waals surface area (Å²) in [6.07, 6.45) is 0. The normalized spacial score (nSPS) is 10.4. The first-order valence-electron chi connectivity index (χ1n) is 5.22. The number of phenols is 1. The summed E-state index contributed by atoms with van der Waals surface area (Å²) in [6.45, 7) is 4.73. The second-order valence-corrected chi connectivity index (χ2v) is 4.72. The Labute approximate surface area is 99.6 Å². The average molecular weight is 233 g/mol. The van der Waals surface area contributed by atoms with E-state index >= 15 is 0 Å². The lowest BCUT2D eigenvalue weighted by Crippen LogP contribution is -2.00. The molecule has 0 aliphatic heterocycles. The van der Waals surface area contributed by atoms with Crippen LogP contribution in [0.2, 0.25) is 0 Å². The molecular weight excluding hydrogens is 218 g/mol. The molecule has 0 aliphatic rings. The van der Waals surface area contributed by atoms with E-state index in [0.29, 0.717) is 5.75 Å². The fourth-order valence-electron chi connectivity index (χ4n) is 1.58. The molecule has 2 rings (SSSR count). The Morgan fingerprint density at radius 1 is 1.25 bits per heavy atom. The summed E-state index contributed by atoms with van der Waals surface area (Å²) in [7, 11) is 0. The fraction of sp³-hybridized carbons (Fsp3) is 0.231. The molecule has 16 heavy (non-hydrogen) atoms. The Balaban J connectivity index is 2.12. The third-order valence-electron chi connectivity index (χ3n) is 2.61. The summed E-state index contributed by atoms with van der Waals surface area (Å²) in [5.41, 5.74) is 4.34. The molecule has 0 saturated carbocycles. The van der Waals surface area contributed by atoms with Gasteiger partial charge in [0.15, 0.2) is 0 Å². The predicted octanol–water partition coefficient (Wildman–Crippen LogP) is 3.68. The Kier molecular flexibility index (Phi) is 3.15. The van der Waals surface area contributed by atoms with Gasteiger partial charge in [-0.15, -0.1) is 0 Å². The molecule has 3 heteroatoms. The molecule has 1 aromatic heterocycles. The van der Waals surface area contributed by atoms with Gasteiger partial charge in [-0.1, -0.05) is 0 Å².